The summed E-state index contributed by atoms with van der Waals surface area (Å²) in [4.78, 5) is 1.32. The van der Waals surface area contributed by atoms with Gasteiger partial charge in [-0.1, -0.05) is 24.2 Å². The minimum absolute atomic E-state index is 0.288. The quantitative estimate of drug-likeness (QED) is 0.881. The molecule has 0 aliphatic carbocycles. The molecule has 102 valence electrons. The summed E-state index contributed by atoms with van der Waals surface area (Å²) >= 11 is 3.51. The predicted octanol–water partition coefficient (Wildman–Crippen LogP) is 2.86. The van der Waals surface area contributed by atoms with Crippen LogP contribution < -0.4 is 5.73 Å². The molecule has 6 heteroatoms. The molecule has 0 spiro atoms. The third-order valence-electron chi connectivity index (χ3n) is 3.40. The van der Waals surface area contributed by atoms with Crippen molar-refractivity contribution in [3.05, 3.63) is 28.2 Å². The van der Waals surface area contributed by atoms with Crippen LogP contribution in [0.15, 0.2) is 22.7 Å². The number of nitrogens with zero attached hydrogens (tertiary/aromatic N) is 3. The molecule has 2 N–H and O–H groups in total. The second kappa shape index (κ2) is 6.07. The van der Waals surface area contributed by atoms with Crippen LogP contribution in [0.4, 0.5) is 0 Å². The Hall–Kier alpha value is -0.850. The molecule has 4 nitrogen and oxygen atoms in total. The minimum atomic E-state index is 0.288. The number of fused-ring (bicyclic) bond motifs is 1. The van der Waals surface area contributed by atoms with E-state index < -0.39 is 0 Å². The molecule has 1 atom stereocenters. The number of aryl methyl sites for hydroxylation is 1. The van der Waals surface area contributed by atoms with Gasteiger partial charge in [0.25, 0.3) is 0 Å². The Morgan fingerprint density at radius 3 is 3.11 bits per heavy atom. The van der Waals surface area contributed by atoms with Crippen molar-refractivity contribution in [2.75, 3.05) is 6.54 Å². The van der Waals surface area contributed by atoms with Crippen molar-refractivity contribution < 1.29 is 0 Å². The van der Waals surface area contributed by atoms with Crippen LogP contribution in [0.5, 0.6) is 0 Å². The second-order valence-electron chi connectivity index (χ2n) is 4.72. The fourth-order valence-electron chi connectivity index (χ4n) is 2.37. The van der Waals surface area contributed by atoms with Gasteiger partial charge in [-0.25, -0.2) is 0 Å². The summed E-state index contributed by atoms with van der Waals surface area (Å²) in [5.41, 5.74) is 5.92. The summed E-state index contributed by atoms with van der Waals surface area (Å²) in [5, 5.41) is 12.1. The normalized spacial score (nSPS) is 16.9. The lowest BCUT2D eigenvalue weighted by Gasteiger charge is -2.13. The first kappa shape index (κ1) is 13.1. The first-order chi connectivity index (χ1) is 9.38. The molecule has 0 saturated carbocycles. The highest BCUT2D eigenvalue weighted by Gasteiger charge is 2.20. The Bertz CT molecular complexity index is 521. The number of hydrogen-bond donors (Lipinski definition) is 1. The third kappa shape index (κ3) is 2.85. The molecule has 19 heavy (non-hydrogen) atoms. The lowest BCUT2D eigenvalue weighted by atomic mass is 10.2. The van der Waals surface area contributed by atoms with Gasteiger partial charge >= 0.3 is 0 Å². The Balaban J connectivity index is 1.81. The summed E-state index contributed by atoms with van der Waals surface area (Å²) in [6, 6.07) is 4.22. The molecule has 0 amide bonds. The topological polar surface area (TPSA) is 56.7 Å². The van der Waals surface area contributed by atoms with Crippen molar-refractivity contribution in [3.8, 4) is 0 Å². The zero-order valence-electron chi connectivity index (χ0n) is 10.8. The fourth-order valence-corrected chi connectivity index (χ4v) is 4.36. The number of rotatable bonds is 4. The molecule has 0 aromatic carbocycles. The average molecular weight is 294 g/mol. The second-order valence-corrected chi connectivity index (χ2v) is 6.87. The van der Waals surface area contributed by atoms with E-state index >= 15 is 0 Å². The van der Waals surface area contributed by atoms with Crippen molar-refractivity contribution in [2.24, 2.45) is 5.73 Å². The highest BCUT2D eigenvalue weighted by Crippen LogP contribution is 2.36. The van der Waals surface area contributed by atoms with E-state index in [2.05, 4.69) is 32.3 Å². The van der Waals surface area contributed by atoms with Gasteiger partial charge in [0.1, 0.15) is 5.82 Å². The maximum absolute atomic E-state index is 5.92. The summed E-state index contributed by atoms with van der Waals surface area (Å²) in [7, 11) is 0. The number of nitrogens with two attached hydrogens (primary N) is 1. The largest absolute Gasteiger partial charge is 0.329 e. The van der Waals surface area contributed by atoms with Crippen LogP contribution in [0, 0.1) is 0 Å². The SMILES string of the molecule is NCC(Sc1nnc2n1CCCCC2)c1cccs1. The molecule has 0 radical (unpaired) electrons. The van der Waals surface area contributed by atoms with Gasteiger partial charge in [-0.15, -0.1) is 21.5 Å². The molecular weight excluding hydrogens is 276 g/mol. The number of thiophene rings is 1. The zero-order valence-corrected chi connectivity index (χ0v) is 12.4. The van der Waals surface area contributed by atoms with Gasteiger partial charge < -0.3 is 10.3 Å². The van der Waals surface area contributed by atoms with Crippen molar-refractivity contribution in [3.63, 3.8) is 0 Å². The molecule has 1 unspecified atom stereocenters. The van der Waals surface area contributed by atoms with E-state index in [1.165, 1.54) is 24.1 Å². The molecule has 2 aromatic rings. The lowest BCUT2D eigenvalue weighted by molar-refractivity contribution is 0.590. The van der Waals surface area contributed by atoms with Gasteiger partial charge in [0, 0.05) is 24.4 Å². The van der Waals surface area contributed by atoms with E-state index in [1.54, 1.807) is 23.1 Å². The lowest BCUT2D eigenvalue weighted by Crippen LogP contribution is -2.10. The summed E-state index contributed by atoms with van der Waals surface area (Å²) in [5.74, 6) is 1.14. The van der Waals surface area contributed by atoms with Gasteiger partial charge in [0.2, 0.25) is 0 Å². The van der Waals surface area contributed by atoms with E-state index in [1.807, 2.05) is 0 Å². The number of hydrogen-bond acceptors (Lipinski definition) is 5. The van der Waals surface area contributed by atoms with Gasteiger partial charge in [0.15, 0.2) is 5.16 Å². The highest BCUT2D eigenvalue weighted by atomic mass is 32.2. The van der Waals surface area contributed by atoms with Crippen molar-refractivity contribution in [2.45, 2.75) is 42.6 Å². The van der Waals surface area contributed by atoms with Crippen LogP contribution in [-0.2, 0) is 13.0 Å². The van der Waals surface area contributed by atoms with E-state index in [0.29, 0.717) is 6.54 Å². The van der Waals surface area contributed by atoms with Crippen LogP contribution in [0.3, 0.4) is 0 Å². The molecule has 0 fully saturated rings. The highest BCUT2D eigenvalue weighted by molar-refractivity contribution is 7.99. The van der Waals surface area contributed by atoms with Crippen LogP contribution in [0.1, 0.15) is 35.2 Å². The Morgan fingerprint density at radius 2 is 2.32 bits per heavy atom. The molecule has 0 saturated heterocycles. The third-order valence-corrected chi connectivity index (χ3v) is 5.78. The maximum Gasteiger partial charge on any atom is 0.191 e. The van der Waals surface area contributed by atoms with Gasteiger partial charge in [0.05, 0.1) is 5.25 Å². The summed E-state index contributed by atoms with van der Waals surface area (Å²) in [6.45, 7) is 1.68. The van der Waals surface area contributed by atoms with E-state index in [9.17, 15) is 0 Å². The van der Waals surface area contributed by atoms with Crippen molar-refractivity contribution >= 4 is 23.1 Å². The molecule has 0 bridgehead atoms. The van der Waals surface area contributed by atoms with Crippen molar-refractivity contribution in [1.29, 1.82) is 0 Å². The smallest absolute Gasteiger partial charge is 0.191 e. The molecule has 1 aliphatic rings. The van der Waals surface area contributed by atoms with Crippen LogP contribution in [0.25, 0.3) is 0 Å². The Morgan fingerprint density at radius 1 is 1.37 bits per heavy atom. The van der Waals surface area contributed by atoms with Crippen LogP contribution >= 0.6 is 23.1 Å². The first-order valence-corrected chi connectivity index (χ1v) is 8.46. The van der Waals surface area contributed by atoms with Gasteiger partial charge in [-0.05, 0) is 24.3 Å². The Labute approximate surface area is 121 Å². The van der Waals surface area contributed by atoms with E-state index in [0.717, 1.165) is 23.9 Å². The standard InChI is InChI=1S/C13H18N4S2/c14-9-11(10-5-4-8-18-10)19-13-16-15-12-6-2-1-3-7-17(12)13/h4-5,8,11H,1-3,6-7,9,14H2. The maximum atomic E-state index is 5.92. The Kier molecular flexibility index (Phi) is 4.20. The average Bonchev–Trinajstić information content (AvgIpc) is 3.02. The molecule has 2 aromatic heterocycles. The van der Waals surface area contributed by atoms with Crippen LogP contribution in [0.2, 0.25) is 0 Å². The number of thioether (sulfide) groups is 1. The minimum Gasteiger partial charge on any atom is -0.329 e. The monoisotopic (exact) mass is 294 g/mol. The molecule has 3 rings (SSSR count). The van der Waals surface area contributed by atoms with E-state index in [4.69, 9.17) is 5.73 Å². The predicted molar refractivity (Wildman–Crippen MR) is 79.5 cm³/mol. The molecule has 3 heterocycles. The van der Waals surface area contributed by atoms with Crippen LogP contribution in [-0.4, -0.2) is 21.3 Å². The van der Waals surface area contributed by atoms with Crippen molar-refractivity contribution in [1.82, 2.24) is 14.8 Å². The number of aromatic nitrogens is 3. The van der Waals surface area contributed by atoms with E-state index in [-0.39, 0.29) is 5.25 Å². The summed E-state index contributed by atoms with van der Waals surface area (Å²) < 4.78 is 2.29. The zero-order chi connectivity index (χ0) is 13.1. The molecular formula is C13H18N4S2. The first-order valence-electron chi connectivity index (χ1n) is 6.70. The van der Waals surface area contributed by atoms with Gasteiger partial charge in [-0.2, -0.15) is 0 Å². The van der Waals surface area contributed by atoms with Gasteiger partial charge in [-0.3, -0.25) is 0 Å². The molecule has 1 aliphatic heterocycles. The summed E-state index contributed by atoms with van der Waals surface area (Å²) in [6.07, 6.45) is 4.80. The fraction of sp³-hybridized carbons (Fsp3) is 0.538.